The molecule has 0 fully saturated rings. The standard InChI is InChI=1S/C14H21NO/c1-10(9-11(2)15-3)13-6-4-5-12-7-8-16-14(12)13/h4-6,10-11,15H,7-9H2,1-3H3. The Morgan fingerprint density at radius 1 is 1.38 bits per heavy atom. The molecule has 2 atom stereocenters. The zero-order chi connectivity index (χ0) is 11.5. The van der Waals surface area contributed by atoms with Gasteiger partial charge in [-0.3, -0.25) is 0 Å². The maximum absolute atomic E-state index is 5.75. The highest BCUT2D eigenvalue weighted by atomic mass is 16.5. The molecule has 2 unspecified atom stereocenters. The summed E-state index contributed by atoms with van der Waals surface area (Å²) in [7, 11) is 2.02. The average Bonchev–Trinajstić information content (AvgIpc) is 2.76. The van der Waals surface area contributed by atoms with E-state index in [1.165, 1.54) is 11.1 Å². The van der Waals surface area contributed by atoms with Crippen LogP contribution < -0.4 is 10.1 Å². The van der Waals surface area contributed by atoms with Crippen molar-refractivity contribution in [3.8, 4) is 5.75 Å². The highest BCUT2D eigenvalue weighted by molar-refractivity contribution is 5.45. The van der Waals surface area contributed by atoms with Crippen molar-refractivity contribution in [1.29, 1.82) is 0 Å². The summed E-state index contributed by atoms with van der Waals surface area (Å²) in [4.78, 5) is 0. The van der Waals surface area contributed by atoms with Crippen LogP contribution in [0.3, 0.4) is 0 Å². The van der Waals surface area contributed by atoms with Gasteiger partial charge in [0, 0.05) is 12.5 Å². The molecule has 0 aromatic heterocycles. The third kappa shape index (κ3) is 2.22. The van der Waals surface area contributed by atoms with Crippen LogP contribution in [0.4, 0.5) is 0 Å². The van der Waals surface area contributed by atoms with Crippen LogP contribution in [-0.2, 0) is 6.42 Å². The van der Waals surface area contributed by atoms with E-state index >= 15 is 0 Å². The zero-order valence-electron chi connectivity index (χ0n) is 10.4. The zero-order valence-corrected chi connectivity index (χ0v) is 10.4. The highest BCUT2D eigenvalue weighted by Crippen LogP contribution is 2.35. The van der Waals surface area contributed by atoms with E-state index < -0.39 is 0 Å². The fourth-order valence-corrected chi connectivity index (χ4v) is 2.40. The minimum atomic E-state index is 0.548. The minimum Gasteiger partial charge on any atom is -0.493 e. The van der Waals surface area contributed by atoms with Gasteiger partial charge < -0.3 is 10.1 Å². The summed E-state index contributed by atoms with van der Waals surface area (Å²) >= 11 is 0. The minimum absolute atomic E-state index is 0.548. The second-order valence-corrected chi connectivity index (χ2v) is 4.76. The van der Waals surface area contributed by atoms with Crippen molar-refractivity contribution < 1.29 is 4.74 Å². The van der Waals surface area contributed by atoms with E-state index in [1.807, 2.05) is 7.05 Å². The van der Waals surface area contributed by atoms with Crippen molar-refractivity contribution in [2.45, 2.75) is 38.6 Å². The molecule has 0 aliphatic carbocycles. The van der Waals surface area contributed by atoms with E-state index in [9.17, 15) is 0 Å². The third-order valence-electron chi connectivity index (χ3n) is 3.48. The molecule has 1 aromatic rings. The summed E-state index contributed by atoms with van der Waals surface area (Å²) in [5.74, 6) is 1.70. The number of benzene rings is 1. The van der Waals surface area contributed by atoms with Crippen molar-refractivity contribution in [2.24, 2.45) is 0 Å². The molecular weight excluding hydrogens is 198 g/mol. The number of para-hydroxylation sites is 1. The van der Waals surface area contributed by atoms with Crippen LogP contribution in [0, 0.1) is 0 Å². The summed E-state index contributed by atoms with van der Waals surface area (Å²) in [5, 5.41) is 3.29. The highest BCUT2D eigenvalue weighted by Gasteiger charge is 2.20. The van der Waals surface area contributed by atoms with Crippen LogP contribution in [0.25, 0.3) is 0 Å². The molecule has 0 spiro atoms. The van der Waals surface area contributed by atoms with Gasteiger partial charge in [0.05, 0.1) is 6.61 Å². The van der Waals surface area contributed by atoms with Crippen LogP contribution in [0.2, 0.25) is 0 Å². The quantitative estimate of drug-likeness (QED) is 0.840. The largest absolute Gasteiger partial charge is 0.493 e. The molecule has 0 bridgehead atoms. The molecule has 1 aliphatic heterocycles. The van der Waals surface area contributed by atoms with Crippen molar-refractivity contribution in [2.75, 3.05) is 13.7 Å². The van der Waals surface area contributed by atoms with Crippen molar-refractivity contribution in [1.82, 2.24) is 5.32 Å². The van der Waals surface area contributed by atoms with E-state index in [-0.39, 0.29) is 0 Å². The Bertz CT molecular complexity index is 362. The Labute approximate surface area is 98.0 Å². The van der Waals surface area contributed by atoms with Gasteiger partial charge in [-0.15, -0.1) is 0 Å². The summed E-state index contributed by atoms with van der Waals surface area (Å²) in [6.07, 6.45) is 2.22. The molecule has 0 saturated heterocycles. The fraction of sp³-hybridized carbons (Fsp3) is 0.571. The van der Waals surface area contributed by atoms with Crippen LogP contribution in [-0.4, -0.2) is 19.7 Å². The van der Waals surface area contributed by atoms with Crippen molar-refractivity contribution >= 4 is 0 Å². The SMILES string of the molecule is CNC(C)CC(C)c1cccc2c1OCC2. The molecule has 0 amide bonds. The number of nitrogens with one attached hydrogen (secondary N) is 1. The summed E-state index contributed by atoms with van der Waals surface area (Å²) in [5.41, 5.74) is 2.75. The van der Waals surface area contributed by atoms with Crippen LogP contribution in [0.1, 0.15) is 37.3 Å². The molecule has 2 heteroatoms. The third-order valence-corrected chi connectivity index (χ3v) is 3.48. The van der Waals surface area contributed by atoms with E-state index in [0.717, 1.165) is 25.2 Å². The van der Waals surface area contributed by atoms with Crippen molar-refractivity contribution in [3.05, 3.63) is 29.3 Å². The van der Waals surface area contributed by atoms with Gasteiger partial charge in [-0.25, -0.2) is 0 Å². The van der Waals surface area contributed by atoms with Gasteiger partial charge in [-0.2, -0.15) is 0 Å². The molecule has 1 aliphatic rings. The van der Waals surface area contributed by atoms with E-state index in [0.29, 0.717) is 12.0 Å². The van der Waals surface area contributed by atoms with E-state index in [4.69, 9.17) is 4.74 Å². The Morgan fingerprint density at radius 3 is 2.94 bits per heavy atom. The maximum Gasteiger partial charge on any atom is 0.126 e. The molecule has 0 radical (unpaired) electrons. The van der Waals surface area contributed by atoms with Gasteiger partial charge in [0.15, 0.2) is 0 Å². The molecule has 16 heavy (non-hydrogen) atoms. The van der Waals surface area contributed by atoms with Gasteiger partial charge in [-0.1, -0.05) is 25.1 Å². The first-order valence-electron chi connectivity index (χ1n) is 6.14. The number of hydrogen-bond donors (Lipinski definition) is 1. The molecule has 88 valence electrons. The second-order valence-electron chi connectivity index (χ2n) is 4.76. The maximum atomic E-state index is 5.75. The first-order valence-corrected chi connectivity index (χ1v) is 6.14. The van der Waals surface area contributed by atoms with Crippen LogP contribution in [0.5, 0.6) is 5.75 Å². The smallest absolute Gasteiger partial charge is 0.126 e. The molecular formula is C14H21NO. The number of rotatable bonds is 4. The molecule has 2 nitrogen and oxygen atoms in total. The summed E-state index contributed by atoms with van der Waals surface area (Å²) in [6, 6.07) is 7.09. The lowest BCUT2D eigenvalue weighted by Crippen LogP contribution is -2.23. The fourth-order valence-electron chi connectivity index (χ4n) is 2.40. The summed E-state index contributed by atoms with van der Waals surface area (Å²) < 4.78 is 5.75. The normalized spacial score (nSPS) is 17.7. The lowest BCUT2D eigenvalue weighted by Gasteiger charge is -2.19. The van der Waals surface area contributed by atoms with E-state index in [2.05, 4.69) is 37.4 Å². The molecule has 1 heterocycles. The van der Waals surface area contributed by atoms with Gasteiger partial charge in [0.25, 0.3) is 0 Å². The first-order chi connectivity index (χ1) is 7.72. The number of fused-ring (bicyclic) bond motifs is 1. The average molecular weight is 219 g/mol. The summed E-state index contributed by atoms with van der Waals surface area (Å²) in [6.45, 7) is 5.35. The number of ether oxygens (including phenoxy) is 1. The Morgan fingerprint density at radius 2 is 2.19 bits per heavy atom. The Balaban J connectivity index is 2.17. The van der Waals surface area contributed by atoms with Gasteiger partial charge in [0.2, 0.25) is 0 Å². The predicted molar refractivity (Wildman–Crippen MR) is 67.2 cm³/mol. The molecule has 2 rings (SSSR count). The van der Waals surface area contributed by atoms with Gasteiger partial charge in [0.1, 0.15) is 5.75 Å². The first kappa shape index (κ1) is 11.5. The monoisotopic (exact) mass is 219 g/mol. The van der Waals surface area contributed by atoms with Crippen LogP contribution >= 0.6 is 0 Å². The van der Waals surface area contributed by atoms with Gasteiger partial charge >= 0.3 is 0 Å². The molecule has 1 aromatic carbocycles. The second kappa shape index (κ2) is 4.88. The van der Waals surface area contributed by atoms with E-state index in [1.54, 1.807) is 0 Å². The lowest BCUT2D eigenvalue weighted by molar-refractivity contribution is 0.350. The molecule has 1 N–H and O–H groups in total. The number of hydrogen-bond acceptors (Lipinski definition) is 2. The lowest BCUT2D eigenvalue weighted by atomic mass is 9.92. The van der Waals surface area contributed by atoms with Gasteiger partial charge in [-0.05, 0) is 37.4 Å². The van der Waals surface area contributed by atoms with Crippen LogP contribution in [0.15, 0.2) is 18.2 Å². The Hall–Kier alpha value is -1.02. The topological polar surface area (TPSA) is 21.3 Å². The van der Waals surface area contributed by atoms with Crippen molar-refractivity contribution in [3.63, 3.8) is 0 Å². The predicted octanol–water partition coefficient (Wildman–Crippen LogP) is 2.72. The Kier molecular flexibility index (Phi) is 3.49. The molecule has 0 saturated carbocycles.